The number of nitrogen functional groups attached to an aromatic ring is 4. The van der Waals surface area contributed by atoms with Gasteiger partial charge in [-0.25, -0.2) is 19.2 Å². The first-order valence-electron chi connectivity index (χ1n) is 13.6. The summed E-state index contributed by atoms with van der Waals surface area (Å²) in [6.07, 6.45) is 0. The van der Waals surface area contributed by atoms with Crippen LogP contribution in [0.1, 0.15) is 41.4 Å². The van der Waals surface area contributed by atoms with E-state index in [0.29, 0.717) is 22.7 Å². The lowest BCUT2D eigenvalue weighted by molar-refractivity contribution is -0.0641. The van der Waals surface area contributed by atoms with Crippen LogP contribution < -0.4 is 22.9 Å². The van der Waals surface area contributed by atoms with Gasteiger partial charge in [0.25, 0.3) is 0 Å². The summed E-state index contributed by atoms with van der Waals surface area (Å²) in [6.45, 7) is -1.91. The van der Waals surface area contributed by atoms with Crippen molar-refractivity contribution in [1.82, 2.24) is 0 Å². The Balaban J connectivity index is 1.61. The summed E-state index contributed by atoms with van der Waals surface area (Å²) in [4.78, 5) is 51.8. The SMILES string of the molecule is Nc1ccc(C(=O)OCC(COC(=O)c2ccc(N)cc2)(COC(=O)c2ccc(N)cc2)COC(=O)c2ccc(N)cc2)cc1. The number of anilines is 4. The molecule has 12 nitrogen and oxygen atoms in total. The van der Waals surface area contributed by atoms with Crippen molar-refractivity contribution < 1.29 is 38.1 Å². The number of esters is 4. The number of hydrogen-bond acceptors (Lipinski definition) is 12. The number of rotatable bonds is 12. The van der Waals surface area contributed by atoms with Crippen LogP contribution >= 0.6 is 0 Å². The summed E-state index contributed by atoms with van der Waals surface area (Å²) in [6, 6.07) is 24.0. The second-order valence-corrected chi connectivity index (χ2v) is 10.3. The van der Waals surface area contributed by atoms with Crippen molar-refractivity contribution in [2.45, 2.75) is 0 Å². The first kappa shape index (κ1) is 31.9. The molecule has 0 aliphatic rings. The van der Waals surface area contributed by atoms with Crippen LogP contribution in [0, 0.1) is 5.41 Å². The minimum atomic E-state index is -1.54. The van der Waals surface area contributed by atoms with Crippen molar-refractivity contribution in [2.24, 2.45) is 5.41 Å². The van der Waals surface area contributed by atoms with Gasteiger partial charge in [0.05, 0.1) is 22.3 Å². The van der Waals surface area contributed by atoms with Gasteiger partial charge in [-0.3, -0.25) is 0 Å². The molecule has 4 rings (SSSR count). The minimum absolute atomic E-state index is 0.190. The fourth-order valence-corrected chi connectivity index (χ4v) is 3.93. The Morgan fingerprint density at radius 2 is 0.556 bits per heavy atom. The molecule has 0 spiro atoms. The first-order chi connectivity index (χ1) is 21.5. The predicted molar refractivity (Wildman–Crippen MR) is 167 cm³/mol. The van der Waals surface area contributed by atoms with E-state index in [1.165, 1.54) is 97.1 Å². The molecule has 4 aromatic carbocycles. The van der Waals surface area contributed by atoms with E-state index in [9.17, 15) is 19.2 Å². The summed E-state index contributed by atoms with van der Waals surface area (Å²) >= 11 is 0. The van der Waals surface area contributed by atoms with E-state index in [1.54, 1.807) is 0 Å². The van der Waals surface area contributed by atoms with Crippen molar-refractivity contribution >= 4 is 46.6 Å². The van der Waals surface area contributed by atoms with Crippen molar-refractivity contribution in [3.8, 4) is 0 Å². The highest BCUT2D eigenvalue weighted by Gasteiger charge is 2.38. The Labute approximate surface area is 258 Å². The highest BCUT2D eigenvalue weighted by atomic mass is 16.6. The van der Waals surface area contributed by atoms with E-state index < -0.39 is 55.7 Å². The maximum absolute atomic E-state index is 13.0. The Kier molecular flexibility index (Phi) is 10.2. The monoisotopic (exact) mass is 612 g/mol. The molecule has 0 saturated heterocycles. The molecule has 0 heterocycles. The summed E-state index contributed by atoms with van der Waals surface area (Å²) in [5.41, 5.74) is 23.9. The van der Waals surface area contributed by atoms with Crippen LogP contribution in [0.3, 0.4) is 0 Å². The van der Waals surface area contributed by atoms with Crippen LogP contribution in [0.2, 0.25) is 0 Å². The lowest BCUT2D eigenvalue weighted by atomic mass is 9.92. The van der Waals surface area contributed by atoms with Crippen LogP contribution in [0.15, 0.2) is 97.1 Å². The summed E-state index contributed by atoms with van der Waals surface area (Å²) in [7, 11) is 0. The molecule has 45 heavy (non-hydrogen) atoms. The van der Waals surface area contributed by atoms with Gasteiger partial charge in [-0.1, -0.05) is 0 Å². The van der Waals surface area contributed by atoms with E-state index in [-0.39, 0.29) is 22.3 Å². The molecule has 0 atom stereocenters. The molecule has 0 radical (unpaired) electrons. The van der Waals surface area contributed by atoms with Gasteiger partial charge in [0.15, 0.2) is 0 Å². The van der Waals surface area contributed by atoms with Gasteiger partial charge in [-0.05, 0) is 97.1 Å². The third-order valence-corrected chi connectivity index (χ3v) is 6.62. The topological polar surface area (TPSA) is 209 Å². The van der Waals surface area contributed by atoms with E-state index >= 15 is 0 Å². The number of benzene rings is 4. The van der Waals surface area contributed by atoms with Gasteiger partial charge in [-0.15, -0.1) is 0 Å². The van der Waals surface area contributed by atoms with Gasteiger partial charge in [0, 0.05) is 22.7 Å². The predicted octanol–water partition coefficient (Wildman–Crippen LogP) is 3.73. The molecular formula is C33H32N4O8. The maximum atomic E-state index is 13.0. The van der Waals surface area contributed by atoms with E-state index in [4.69, 9.17) is 41.9 Å². The lowest BCUT2D eigenvalue weighted by Crippen LogP contribution is -2.44. The van der Waals surface area contributed by atoms with Crippen LogP contribution in [0.25, 0.3) is 0 Å². The summed E-state index contributed by atoms with van der Waals surface area (Å²) < 4.78 is 22.4. The number of carbonyl (C=O) groups excluding carboxylic acids is 4. The molecule has 0 aromatic heterocycles. The number of hydrogen-bond donors (Lipinski definition) is 4. The Bertz CT molecular complexity index is 1390. The van der Waals surface area contributed by atoms with Crippen LogP contribution in [0.5, 0.6) is 0 Å². The van der Waals surface area contributed by atoms with Crippen LogP contribution in [0.4, 0.5) is 22.7 Å². The smallest absolute Gasteiger partial charge is 0.338 e. The van der Waals surface area contributed by atoms with Crippen molar-refractivity contribution in [3.63, 3.8) is 0 Å². The van der Waals surface area contributed by atoms with Crippen molar-refractivity contribution in [3.05, 3.63) is 119 Å². The van der Waals surface area contributed by atoms with Gasteiger partial charge in [0.1, 0.15) is 31.8 Å². The molecule has 0 aliphatic heterocycles. The number of nitrogens with two attached hydrogens (primary N) is 4. The van der Waals surface area contributed by atoms with Gasteiger partial charge in [-0.2, -0.15) is 0 Å². The summed E-state index contributed by atoms with van der Waals surface area (Å²) in [5.74, 6) is -2.95. The Morgan fingerprint density at radius 3 is 0.733 bits per heavy atom. The highest BCUT2D eigenvalue weighted by molar-refractivity contribution is 5.91. The Hall–Kier alpha value is -6.04. The fourth-order valence-electron chi connectivity index (χ4n) is 3.93. The molecule has 8 N–H and O–H groups in total. The third-order valence-electron chi connectivity index (χ3n) is 6.62. The normalized spacial score (nSPS) is 10.8. The zero-order valence-corrected chi connectivity index (χ0v) is 24.1. The van der Waals surface area contributed by atoms with Gasteiger partial charge in [0.2, 0.25) is 0 Å². The average molecular weight is 613 g/mol. The average Bonchev–Trinajstić information content (AvgIpc) is 3.04. The molecule has 232 valence electrons. The van der Waals surface area contributed by atoms with E-state index in [2.05, 4.69) is 0 Å². The van der Waals surface area contributed by atoms with Gasteiger partial charge < -0.3 is 41.9 Å². The standard InChI is InChI=1S/C33H32N4O8/c34-25-9-1-21(2-10-25)29(38)42-17-33(18-43-30(39)22-3-11-26(35)12-4-22,19-44-31(40)23-5-13-27(36)14-6-23)20-45-32(41)24-7-15-28(37)16-8-24/h1-16H,17-20,34-37H2. The molecule has 0 bridgehead atoms. The quantitative estimate of drug-likeness (QED) is 0.102. The molecule has 0 aliphatic carbocycles. The lowest BCUT2D eigenvalue weighted by Gasteiger charge is -2.31. The third kappa shape index (κ3) is 8.97. The largest absolute Gasteiger partial charge is 0.461 e. The second-order valence-electron chi connectivity index (χ2n) is 10.3. The molecule has 0 unspecified atom stereocenters. The number of ether oxygens (including phenoxy) is 4. The van der Waals surface area contributed by atoms with E-state index in [1.807, 2.05) is 0 Å². The molecule has 0 amide bonds. The molecule has 0 fully saturated rings. The second kappa shape index (κ2) is 14.4. The fraction of sp³-hybridized carbons (Fsp3) is 0.152. The zero-order valence-electron chi connectivity index (χ0n) is 24.1. The maximum Gasteiger partial charge on any atom is 0.338 e. The summed E-state index contributed by atoms with van der Waals surface area (Å²) in [5, 5.41) is 0. The van der Waals surface area contributed by atoms with Crippen molar-refractivity contribution in [2.75, 3.05) is 49.4 Å². The Morgan fingerprint density at radius 1 is 0.378 bits per heavy atom. The number of carbonyl (C=O) groups is 4. The van der Waals surface area contributed by atoms with Gasteiger partial charge >= 0.3 is 23.9 Å². The molecule has 12 heteroatoms. The first-order valence-corrected chi connectivity index (χ1v) is 13.6. The molecule has 4 aromatic rings. The van der Waals surface area contributed by atoms with Crippen LogP contribution in [-0.4, -0.2) is 50.3 Å². The highest BCUT2D eigenvalue weighted by Crippen LogP contribution is 2.25. The van der Waals surface area contributed by atoms with Crippen molar-refractivity contribution in [1.29, 1.82) is 0 Å². The van der Waals surface area contributed by atoms with Crippen LogP contribution in [-0.2, 0) is 18.9 Å². The van der Waals surface area contributed by atoms with E-state index in [0.717, 1.165) is 0 Å². The minimum Gasteiger partial charge on any atom is -0.461 e. The zero-order chi connectivity index (χ0) is 32.4. The molecule has 0 saturated carbocycles. The molecular weight excluding hydrogens is 580 g/mol.